The lowest BCUT2D eigenvalue weighted by atomic mass is 10.1. The predicted octanol–water partition coefficient (Wildman–Crippen LogP) is 4.62. The Morgan fingerprint density at radius 3 is 2.33 bits per heavy atom. The summed E-state index contributed by atoms with van der Waals surface area (Å²) in [6, 6.07) is 16.5. The number of aryl methyl sites for hydroxylation is 1. The van der Waals surface area contributed by atoms with E-state index < -0.39 is 12.6 Å². The average Bonchev–Trinajstić information content (AvgIpc) is 3.04. The summed E-state index contributed by atoms with van der Waals surface area (Å²) in [5.41, 5.74) is 2.95. The quantitative estimate of drug-likeness (QED) is 0.404. The Morgan fingerprint density at radius 2 is 1.63 bits per heavy atom. The van der Waals surface area contributed by atoms with Crippen LogP contribution in [0.15, 0.2) is 60.7 Å². The highest BCUT2D eigenvalue weighted by Crippen LogP contribution is 2.22. The van der Waals surface area contributed by atoms with E-state index in [1.54, 1.807) is 54.0 Å². The lowest BCUT2D eigenvalue weighted by Crippen LogP contribution is -2.15. The summed E-state index contributed by atoms with van der Waals surface area (Å²) < 4.78 is 20.4. The third-order valence-corrected chi connectivity index (χ3v) is 4.81. The topological polar surface area (TPSA) is 65.4 Å². The van der Waals surface area contributed by atoms with Crippen LogP contribution < -0.4 is 0 Å². The van der Waals surface area contributed by atoms with Crippen LogP contribution in [-0.2, 0) is 9.53 Å². The first-order valence-corrected chi connectivity index (χ1v) is 9.59. The van der Waals surface area contributed by atoms with Gasteiger partial charge in [0.2, 0.25) is 5.78 Å². The van der Waals surface area contributed by atoms with E-state index >= 15 is 0 Å². The molecule has 154 valence electrons. The maximum absolute atomic E-state index is 13.6. The van der Waals surface area contributed by atoms with Crippen molar-refractivity contribution in [1.82, 2.24) is 4.57 Å². The van der Waals surface area contributed by atoms with E-state index in [0.29, 0.717) is 22.5 Å². The molecule has 0 radical (unpaired) electrons. The Labute approximate surface area is 174 Å². The normalized spacial score (nSPS) is 10.6. The molecule has 3 aromatic rings. The van der Waals surface area contributed by atoms with Gasteiger partial charge in [-0.2, -0.15) is 0 Å². The molecule has 0 aliphatic heterocycles. The minimum Gasteiger partial charge on any atom is -0.457 e. The molecule has 0 aliphatic rings. The third kappa shape index (κ3) is 4.89. The second-order valence-corrected chi connectivity index (χ2v) is 6.97. The van der Waals surface area contributed by atoms with E-state index in [0.717, 1.165) is 5.69 Å². The zero-order chi connectivity index (χ0) is 21.7. The lowest BCUT2D eigenvalue weighted by Gasteiger charge is -2.10. The summed E-state index contributed by atoms with van der Waals surface area (Å²) in [5.74, 6) is -1.48. The predicted molar refractivity (Wildman–Crippen MR) is 110 cm³/mol. The van der Waals surface area contributed by atoms with Gasteiger partial charge in [0.05, 0.1) is 6.42 Å². The molecule has 0 atom stereocenters. The number of esters is 1. The molecule has 0 saturated carbocycles. The standard InChI is InChI=1S/C24H22FNO4/c1-16-13-21(17(2)26(16)20-10-6-9-19(25)14-20)23(28)15-30-24(29)12-11-22(27)18-7-4-3-5-8-18/h3-10,13-14H,11-12,15H2,1-2H3. The van der Waals surface area contributed by atoms with Gasteiger partial charge in [-0.15, -0.1) is 0 Å². The number of Topliss-reactive ketones (excluding diaryl/α,β-unsaturated/α-hetero) is 2. The number of nitrogens with zero attached hydrogens (tertiary/aromatic N) is 1. The number of hydrogen-bond donors (Lipinski definition) is 0. The summed E-state index contributed by atoms with van der Waals surface area (Å²) >= 11 is 0. The number of hydrogen-bond acceptors (Lipinski definition) is 4. The van der Waals surface area contributed by atoms with Crippen molar-refractivity contribution >= 4 is 17.5 Å². The maximum atomic E-state index is 13.6. The summed E-state index contributed by atoms with van der Waals surface area (Å²) in [6.45, 7) is 3.16. The monoisotopic (exact) mass is 407 g/mol. The van der Waals surface area contributed by atoms with Gasteiger partial charge < -0.3 is 9.30 Å². The molecule has 0 N–H and O–H groups in total. The molecule has 0 spiro atoms. The summed E-state index contributed by atoms with van der Waals surface area (Å²) in [6.07, 6.45) is -0.0750. The number of benzene rings is 2. The highest BCUT2D eigenvalue weighted by molar-refractivity contribution is 6.00. The Balaban J connectivity index is 1.59. The maximum Gasteiger partial charge on any atom is 0.306 e. The van der Waals surface area contributed by atoms with Crippen LogP contribution in [-0.4, -0.2) is 28.7 Å². The smallest absolute Gasteiger partial charge is 0.306 e. The SMILES string of the molecule is Cc1cc(C(=O)COC(=O)CCC(=O)c2ccccc2)c(C)n1-c1cccc(F)c1. The Bertz CT molecular complexity index is 1090. The van der Waals surface area contributed by atoms with E-state index in [-0.39, 0.29) is 30.2 Å². The van der Waals surface area contributed by atoms with Gasteiger partial charge in [-0.05, 0) is 38.1 Å². The Morgan fingerprint density at radius 1 is 0.900 bits per heavy atom. The van der Waals surface area contributed by atoms with E-state index in [2.05, 4.69) is 0 Å². The lowest BCUT2D eigenvalue weighted by molar-refractivity contribution is -0.142. The Hall–Kier alpha value is -3.54. The number of aromatic nitrogens is 1. The molecule has 6 heteroatoms. The molecule has 0 amide bonds. The summed E-state index contributed by atoms with van der Waals surface area (Å²) in [7, 11) is 0. The van der Waals surface area contributed by atoms with Crippen LogP contribution in [0, 0.1) is 19.7 Å². The molecule has 2 aromatic carbocycles. The van der Waals surface area contributed by atoms with Crippen LogP contribution >= 0.6 is 0 Å². The van der Waals surface area contributed by atoms with E-state index in [4.69, 9.17) is 4.74 Å². The number of halogens is 1. The zero-order valence-corrected chi connectivity index (χ0v) is 16.9. The van der Waals surface area contributed by atoms with Crippen LogP contribution in [0.5, 0.6) is 0 Å². The van der Waals surface area contributed by atoms with Gasteiger partial charge in [-0.3, -0.25) is 14.4 Å². The van der Waals surface area contributed by atoms with Gasteiger partial charge in [0, 0.05) is 34.6 Å². The average molecular weight is 407 g/mol. The first-order chi connectivity index (χ1) is 14.4. The molecule has 0 saturated heterocycles. The first kappa shape index (κ1) is 21.2. The van der Waals surface area contributed by atoms with Crippen molar-refractivity contribution in [2.75, 3.05) is 6.61 Å². The van der Waals surface area contributed by atoms with Gasteiger partial charge >= 0.3 is 5.97 Å². The van der Waals surface area contributed by atoms with Crippen LogP contribution in [0.4, 0.5) is 4.39 Å². The minimum absolute atomic E-state index is 0.0190. The van der Waals surface area contributed by atoms with Gasteiger partial charge in [0.25, 0.3) is 0 Å². The van der Waals surface area contributed by atoms with E-state index in [1.807, 2.05) is 13.0 Å². The Kier molecular flexibility index (Phi) is 6.57. The molecule has 0 unspecified atom stereocenters. The molecule has 1 heterocycles. The molecule has 5 nitrogen and oxygen atoms in total. The highest BCUT2D eigenvalue weighted by atomic mass is 19.1. The van der Waals surface area contributed by atoms with Crippen LogP contribution in [0.3, 0.4) is 0 Å². The molecule has 1 aromatic heterocycles. The van der Waals surface area contributed by atoms with Crippen LogP contribution in [0.2, 0.25) is 0 Å². The number of rotatable bonds is 8. The summed E-state index contributed by atoms with van der Waals surface area (Å²) in [5, 5.41) is 0. The second kappa shape index (κ2) is 9.31. The fourth-order valence-electron chi connectivity index (χ4n) is 3.34. The van der Waals surface area contributed by atoms with Crippen LogP contribution in [0.25, 0.3) is 5.69 Å². The largest absolute Gasteiger partial charge is 0.457 e. The molecule has 0 bridgehead atoms. The summed E-state index contributed by atoms with van der Waals surface area (Å²) in [4.78, 5) is 36.6. The van der Waals surface area contributed by atoms with Gasteiger partial charge in [0.1, 0.15) is 5.82 Å². The van der Waals surface area contributed by atoms with Crippen molar-refractivity contribution in [1.29, 1.82) is 0 Å². The first-order valence-electron chi connectivity index (χ1n) is 9.59. The molecule has 0 aliphatic carbocycles. The van der Waals surface area contributed by atoms with Gasteiger partial charge in [-0.25, -0.2) is 4.39 Å². The van der Waals surface area contributed by atoms with Crippen molar-refractivity contribution < 1.29 is 23.5 Å². The number of carbonyl (C=O) groups excluding carboxylic acids is 3. The molecule has 0 fully saturated rings. The molecular weight excluding hydrogens is 385 g/mol. The number of ether oxygens (including phenoxy) is 1. The fourth-order valence-corrected chi connectivity index (χ4v) is 3.34. The fraction of sp³-hybridized carbons (Fsp3) is 0.208. The molecular formula is C24H22FNO4. The van der Waals surface area contributed by atoms with E-state index in [1.165, 1.54) is 12.1 Å². The van der Waals surface area contributed by atoms with Gasteiger partial charge in [-0.1, -0.05) is 36.4 Å². The second-order valence-electron chi connectivity index (χ2n) is 6.97. The zero-order valence-electron chi connectivity index (χ0n) is 16.9. The third-order valence-electron chi connectivity index (χ3n) is 4.81. The number of carbonyl (C=O) groups is 3. The van der Waals surface area contributed by atoms with Crippen molar-refractivity contribution in [3.05, 3.63) is 89.0 Å². The molecule has 30 heavy (non-hydrogen) atoms. The van der Waals surface area contributed by atoms with E-state index in [9.17, 15) is 18.8 Å². The minimum atomic E-state index is -0.605. The van der Waals surface area contributed by atoms with Crippen molar-refractivity contribution in [3.8, 4) is 5.69 Å². The van der Waals surface area contributed by atoms with Crippen LogP contribution in [0.1, 0.15) is 44.9 Å². The van der Waals surface area contributed by atoms with Gasteiger partial charge in [0.15, 0.2) is 12.4 Å². The molecule has 3 rings (SSSR count). The van der Waals surface area contributed by atoms with Crippen molar-refractivity contribution in [2.45, 2.75) is 26.7 Å². The van der Waals surface area contributed by atoms with Crippen molar-refractivity contribution in [3.63, 3.8) is 0 Å². The number of ketones is 2. The highest BCUT2D eigenvalue weighted by Gasteiger charge is 2.19. The van der Waals surface area contributed by atoms with Crippen molar-refractivity contribution in [2.24, 2.45) is 0 Å².